The van der Waals surface area contributed by atoms with Gasteiger partial charge in [0.05, 0.1) is 28.1 Å². The van der Waals surface area contributed by atoms with E-state index in [1.165, 1.54) is 18.2 Å². The van der Waals surface area contributed by atoms with Crippen molar-refractivity contribution in [3.63, 3.8) is 0 Å². The SMILES string of the molecule is CCCOC(COC(=O)C1=C(C)NC(C)=C(C(=O)O)C1c1cccc([N+](=O)[O-])c1)C(C)C. The number of carbonyl (C=O) groups excluding carboxylic acids is 1. The second kappa shape index (κ2) is 10.9. The first-order valence-corrected chi connectivity index (χ1v) is 10.5. The number of rotatable bonds is 10. The number of aliphatic carboxylic acids is 1. The highest BCUT2D eigenvalue weighted by atomic mass is 16.6. The molecule has 0 fully saturated rings. The van der Waals surface area contributed by atoms with Gasteiger partial charge in [0.2, 0.25) is 0 Å². The number of hydrogen-bond acceptors (Lipinski definition) is 7. The van der Waals surface area contributed by atoms with E-state index in [0.29, 0.717) is 23.6 Å². The van der Waals surface area contributed by atoms with Crippen LogP contribution >= 0.6 is 0 Å². The summed E-state index contributed by atoms with van der Waals surface area (Å²) in [7, 11) is 0. The maximum absolute atomic E-state index is 13.2. The number of nitrogens with one attached hydrogen (secondary N) is 1. The van der Waals surface area contributed by atoms with Crippen LogP contribution < -0.4 is 5.32 Å². The van der Waals surface area contributed by atoms with Gasteiger partial charge in [-0.3, -0.25) is 10.1 Å². The van der Waals surface area contributed by atoms with Gasteiger partial charge >= 0.3 is 11.9 Å². The van der Waals surface area contributed by atoms with Crippen LogP contribution in [0.15, 0.2) is 46.8 Å². The summed E-state index contributed by atoms with van der Waals surface area (Å²) in [5.74, 6) is -2.83. The minimum absolute atomic E-state index is 0.0139. The summed E-state index contributed by atoms with van der Waals surface area (Å²) in [6.07, 6.45) is 0.524. The van der Waals surface area contributed by atoms with Crippen LogP contribution in [0.4, 0.5) is 5.69 Å². The lowest BCUT2D eigenvalue weighted by Gasteiger charge is -2.30. The Morgan fingerprint density at radius 1 is 1.22 bits per heavy atom. The lowest BCUT2D eigenvalue weighted by Crippen LogP contribution is -2.34. The highest BCUT2D eigenvalue weighted by Crippen LogP contribution is 2.39. The fourth-order valence-electron chi connectivity index (χ4n) is 3.64. The quantitative estimate of drug-likeness (QED) is 0.314. The van der Waals surface area contributed by atoms with Crippen LogP contribution in [-0.4, -0.2) is 41.3 Å². The van der Waals surface area contributed by atoms with Crippen molar-refractivity contribution in [2.24, 2.45) is 5.92 Å². The smallest absolute Gasteiger partial charge is 0.336 e. The summed E-state index contributed by atoms with van der Waals surface area (Å²) in [5, 5.41) is 24.1. The van der Waals surface area contributed by atoms with E-state index >= 15 is 0 Å². The fourth-order valence-corrected chi connectivity index (χ4v) is 3.64. The molecule has 1 aliphatic rings. The van der Waals surface area contributed by atoms with E-state index in [0.717, 1.165) is 6.42 Å². The van der Waals surface area contributed by atoms with Crippen molar-refractivity contribution < 1.29 is 29.1 Å². The van der Waals surface area contributed by atoms with E-state index in [2.05, 4.69) is 5.32 Å². The van der Waals surface area contributed by atoms with Crippen LogP contribution in [0.25, 0.3) is 0 Å². The Kier molecular flexibility index (Phi) is 8.54. The van der Waals surface area contributed by atoms with Crippen LogP contribution in [0, 0.1) is 16.0 Å². The van der Waals surface area contributed by atoms with E-state index in [4.69, 9.17) is 9.47 Å². The number of nitro benzene ring substituents is 1. The van der Waals surface area contributed by atoms with Crippen molar-refractivity contribution in [2.75, 3.05) is 13.2 Å². The van der Waals surface area contributed by atoms with Crippen molar-refractivity contribution in [3.8, 4) is 0 Å². The van der Waals surface area contributed by atoms with Gasteiger partial charge in [0.15, 0.2) is 0 Å². The Balaban J connectivity index is 2.45. The Hall–Kier alpha value is -3.20. The zero-order valence-electron chi connectivity index (χ0n) is 19.0. The normalized spacial score (nSPS) is 17.2. The van der Waals surface area contributed by atoms with E-state index in [-0.39, 0.29) is 35.5 Å². The summed E-state index contributed by atoms with van der Waals surface area (Å²) in [4.78, 5) is 36.0. The first-order valence-electron chi connectivity index (χ1n) is 10.5. The number of carboxylic acid groups (broad SMARTS) is 1. The van der Waals surface area contributed by atoms with Crippen LogP contribution in [0.1, 0.15) is 52.5 Å². The molecule has 2 N–H and O–H groups in total. The monoisotopic (exact) mass is 446 g/mol. The zero-order valence-corrected chi connectivity index (χ0v) is 19.0. The molecule has 174 valence electrons. The number of carbonyl (C=O) groups is 2. The number of dihydropyridines is 1. The third kappa shape index (κ3) is 5.73. The van der Waals surface area contributed by atoms with E-state index in [9.17, 15) is 24.8 Å². The third-order valence-corrected chi connectivity index (χ3v) is 5.28. The zero-order chi connectivity index (χ0) is 24.0. The minimum Gasteiger partial charge on any atom is -0.478 e. The Morgan fingerprint density at radius 3 is 2.44 bits per heavy atom. The van der Waals surface area contributed by atoms with Gasteiger partial charge in [-0.05, 0) is 31.7 Å². The van der Waals surface area contributed by atoms with Gasteiger partial charge in [-0.1, -0.05) is 32.9 Å². The predicted molar refractivity (Wildman–Crippen MR) is 118 cm³/mol. The highest BCUT2D eigenvalue weighted by Gasteiger charge is 2.38. The molecule has 1 aromatic carbocycles. The number of non-ortho nitro benzene ring substituents is 1. The number of allylic oxidation sites excluding steroid dienone is 2. The molecule has 2 atom stereocenters. The van der Waals surface area contributed by atoms with E-state index in [1.54, 1.807) is 19.9 Å². The van der Waals surface area contributed by atoms with Crippen molar-refractivity contribution in [1.82, 2.24) is 5.32 Å². The number of hydrogen-bond donors (Lipinski definition) is 2. The summed E-state index contributed by atoms with van der Waals surface area (Å²) >= 11 is 0. The van der Waals surface area contributed by atoms with Gasteiger partial charge in [-0.15, -0.1) is 0 Å². The van der Waals surface area contributed by atoms with Gasteiger partial charge in [0, 0.05) is 30.1 Å². The van der Waals surface area contributed by atoms with E-state index < -0.39 is 22.8 Å². The number of esters is 1. The molecule has 9 nitrogen and oxygen atoms in total. The molecule has 0 aromatic heterocycles. The van der Waals surface area contributed by atoms with Gasteiger partial charge in [-0.2, -0.15) is 0 Å². The number of carboxylic acids is 1. The van der Waals surface area contributed by atoms with Crippen molar-refractivity contribution in [1.29, 1.82) is 0 Å². The van der Waals surface area contributed by atoms with Gasteiger partial charge < -0.3 is 19.9 Å². The Labute approximate surface area is 187 Å². The summed E-state index contributed by atoms with van der Waals surface area (Å²) in [5.41, 5.74) is 0.962. The van der Waals surface area contributed by atoms with Gasteiger partial charge in [0.1, 0.15) is 6.61 Å². The summed E-state index contributed by atoms with van der Waals surface area (Å²) in [6, 6.07) is 5.64. The molecule has 2 rings (SSSR count). The maximum atomic E-state index is 13.2. The first-order chi connectivity index (χ1) is 15.1. The van der Waals surface area contributed by atoms with Crippen molar-refractivity contribution in [3.05, 3.63) is 62.5 Å². The predicted octanol–water partition coefficient (Wildman–Crippen LogP) is 3.91. The summed E-state index contributed by atoms with van der Waals surface area (Å²) < 4.78 is 11.3. The lowest BCUT2D eigenvalue weighted by molar-refractivity contribution is -0.384. The molecule has 0 aliphatic carbocycles. The highest BCUT2D eigenvalue weighted by molar-refractivity contribution is 5.99. The molecular formula is C23H30N2O7. The van der Waals surface area contributed by atoms with Crippen LogP contribution in [0.3, 0.4) is 0 Å². The van der Waals surface area contributed by atoms with Crippen LogP contribution in [0.2, 0.25) is 0 Å². The van der Waals surface area contributed by atoms with Crippen LogP contribution in [0.5, 0.6) is 0 Å². The summed E-state index contributed by atoms with van der Waals surface area (Å²) in [6.45, 7) is 9.69. The molecule has 1 heterocycles. The molecule has 1 aliphatic heterocycles. The topological polar surface area (TPSA) is 128 Å². The maximum Gasteiger partial charge on any atom is 0.336 e. The molecule has 32 heavy (non-hydrogen) atoms. The molecule has 0 bridgehead atoms. The van der Waals surface area contributed by atoms with Crippen molar-refractivity contribution >= 4 is 17.6 Å². The Bertz CT molecular complexity index is 949. The Morgan fingerprint density at radius 2 is 1.88 bits per heavy atom. The molecule has 0 spiro atoms. The standard InChI is InChI=1S/C23H30N2O7/c1-6-10-31-18(13(2)3)12-32-23(28)20-15(5)24-14(4)19(22(26)27)21(20)16-8-7-9-17(11-16)25(29)30/h7-9,11,13,18,21,24H,6,10,12H2,1-5H3,(H,26,27). The molecule has 0 saturated carbocycles. The molecule has 0 radical (unpaired) electrons. The molecule has 2 unspecified atom stereocenters. The molecule has 1 aromatic rings. The number of nitro groups is 1. The van der Waals surface area contributed by atoms with Gasteiger partial charge in [0.25, 0.3) is 5.69 Å². The lowest BCUT2D eigenvalue weighted by atomic mass is 9.80. The average molecular weight is 447 g/mol. The molecular weight excluding hydrogens is 416 g/mol. The second-order valence-electron chi connectivity index (χ2n) is 8.04. The third-order valence-electron chi connectivity index (χ3n) is 5.28. The molecule has 9 heteroatoms. The number of ether oxygens (including phenoxy) is 2. The van der Waals surface area contributed by atoms with E-state index in [1.807, 2.05) is 20.8 Å². The fraction of sp³-hybridized carbons (Fsp3) is 0.478. The van der Waals surface area contributed by atoms with Gasteiger partial charge in [-0.25, -0.2) is 9.59 Å². The van der Waals surface area contributed by atoms with Crippen molar-refractivity contribution in [2.45, 2.75) is 53.1 Å². The largest absolute Gasteiger partial charge is 0.478 e. The minimum atomic E-state index is -1.23. The molecule has 0 amide bonds. The van der Waals surface area contributed by atoms with Crippen LogP contribution in [-0.2, 0) is 19.1 Å². The number of benzene rings is 1. The average Bonchev–Trinajstić information content (AvgIpc) is 2.72. The number of nitrogens with zero attached hydrogens (tertiary/aromatic N) is 1. The second-order valence-corrected chi connectivity index (χ2v) is 8.04. The first kappa shape index (κ1) is 25.1. The molecule has 0 saturated heterocycles.